The zero-order chi connectivity index (χ0) is 11.7. The van der Waals surface area contributed by atoms with Crippen LogP contribution in [0, 0.1) is 3.57 Å². The smallest absolute Gasteiger partial charge is 0.352 e. The molecule has 0 bridgehead atoms. The third-order valence-corrected chi connectivity index (χ3v) is 4.12. The lowest BCUT2D eigenvalue weighted by atomic mass is 10.2. The highest BCUT2D eigenvalue weighted by atomic mass is 127. The van der Waals surface area contributed by atoms with E-state index in [0.717, 1.165) is 13.7 Å². The molecule has 3 nitrogen and oxygen atoms in total. The quantitative estimate of drug-likeness (QED) is 0.669. The van der Waals surface area contributed by atoms with Crippen molar-refractivity contribution in [2.75, 3.05) is 6.61 Å². The van der Waals surface area contributed by atoms with Crippen LogP contribution >= 0.6 is 33.9 Å². The van der Waals surface area contributed by atoms with Crippen LogP contribution in [0.25, 0.3) is 10.1 Å². The van der Waals surface area contributed by atoms with Gasteiger partial charge in [-0.15, -0.1) is 11.3 Å². The molecule has 0 aliphatic heterocycles. The fraction of sp³-hybridized carbons (Fsp3) is 0.182. The summed E-state index contributed by atoms with van der Waals surface area (Å²) in [6.07, 6.45) is 0. The Morgan fingerprint density at radius 2 is 2.31 bits per heavy atom. The Balaban J connectivity index is 2.61. The molecule has 0 saturated heterocycles. The summed E-state index contributed by atoms with van der Waals surface area (Å²) in [6.45, 7) is 2.05. The summed E-state index contributed by atoms with van der Waals surface area (Å²) in [6, 6.07) is 5.67. The van der Waals surface area contributed by atoms with Gasteiger partial charge in [-0.2, -0.15) is 0 Å². The molecule has 0 unspecified atom stereocenters. The Morgan fingerprint density at radius 3 is 2.94 bits per heavy atom. The molecule has 0 spiro atoms. The van der Waals surface area contributed by atoms with Gasteiger partial charge >= 0.3 is 5.97 Å². The van der Waals surface area contributed by atoms with Crippen molar-refractivity contribution in [2.45, 2.75) is 6.92 Å². The minimum absolute atomic E-state index is 0.0310. The van der Waals surface area contributed by atoms with Crippen LogP contribution in [0.5, 0.6) is 5.75 Å². The summed E-state index contributed by atoms with van der Waals surface area (Å²) < 4.78 is 6.71. The van der Waals surface area contributed by atoms with Gasteiger partial charge in [0.2, 0.25) is 0 Å². The fourth-order valence-electron chi connectivity index (χ4n) is 1.43. The molecule has 0 saturated carbocycles. The third kappa shape index (κ3) is 1.89. The first-order valence-electron chi connectivity index (χ1n) is 4.72. The van der Waals surface area contributed by atoms with E-state index in [1.165, 1.54) is 11.3 Å². The number of rotatable bonds is 2. The zero-order valence-electron chi connectivity index (χ0n) is 8.49. The standard InChI is InChI=1S/C11H9IO3S/c1-2-15-11(14)10-9(13)8-6(12)4-3-5-7(8)16-10/h3-5,13H,2H2,1H3. The lowest BCUT2D eigenvalue weighted by Gasteiger charge is -1.98. The van der Waals surface area contributed by atoms with E-state index in [9.17, 15) is 9.90 Å². The van der Waals surface area contributed by atoms with Gasteiger partial charge in [0, 0.05) is 13.7 Å². The second-order valence-electron chi connectivity index (χ2n) is 3.11. The Morgan fingerprint density at radius 1 is 1.56 bits per heavy atom. The minimum Gasteiger partial charge on any atom is -0.505 e. The first-order valence-corrected chi connectivity index (χ1v) is 6.61. The molecule has 1 N–H and O–H groups in total. The maximum atomic E-state index is 11.6. The van der Waals surface area contributed by atoms with Crippen molar-refractivity contribution in [1.29, 1.82) is 0 Å². The zero-order valence-corrected chi connectivity index (χ0v) is 11.5. The third-order valence-electron chi connectivity index (χ3n) is 2.10. The van der Waals surface area contributed by atoms with Crippen molar-refractivity contribution in [3.05, 3.63) is 26.6 Å². The molecule has 0 fully saturated rings. The van der Waals surface area contributed by atoms with Crippen LogP contribution in [0.4, 0.5) is 0 Å². The molecule has 16 heavy (non-hydrogen) atoms. The maximum absolute atomic E-state index is 11.6. The van der Waals surface area contributed by atoms with E-state index in [2.05, 4.69) is 22.6 Å². The number of halogens is 1. The Bertz CT molecular complexity index is 547. The number of hydrogen-bond acceptors (Lipinski definition) is 4. The lowest BCUT2D eigenvalue weighted by molar-refractivity contribution is 0.0529. The van der Waals surface area contributed by atoms with E-state index in [1.807, 2.05) is 18.2 Å². The predicted molar refractivity (Wildman–Crippen MR) is 72.2 cm³/mol. The first kappa shape index (κ1) is 11.7. The molecular formula is C11H9IO3S. The molecule has 0 aliphatic rings. The number of aromatic hydroxyl groups is 1. The van der Waals surface area contributed by atoms with Gasteiger partial charge in [0.15, 0.2) is 4.88 Å². The van der Waals surface area contributed by atoms with Gasteiger partial charge in [-0.1, -0.05) is 6.07 Å². The normalized spacial score (nSPS) is 10.6. The number of hydrogen-bond donors (Lipinski definition) is 1. The largest absolute Gasteiger partial charge is 0.505 e. The molecular weight excluding hydrogens is 339 g/mol. The van der Waals surface area contributed by atoms with Crippen LogP contribution in [-0.4, -0.2) is 17.7 Å². The summed E-state index contributed by atoms with van der Waals surface area (Å²) >= 11 is 3.39. The average Bonchev–Trinajstić information content (AvgIpc) is 2.58. The highest BCUT2D eigenvalue weighted by Gasteiger charge is 2.20. The number of carbonyl (C=O) groups excluding carboxylic acids is 1. The van der Waals surface area contributed by atoms with Crippen molar-refractivity contribution >= 4 is 50.0 Å². The second kappa shape index (κ2) is 4.58. The van der Waals surface area contributed by atoms with Crippen LogP contribution in [0.15, 0.2) is 18.2 Å². The van der Waals surface area contributed by atoms with Gasteiger partial charge in [0.1, 0.15) is 5.75 Å². The van der Waals surface area contributed by atoms with Crippen LogP contribution < -0.4 is 0 Å². The Hall–Kier alpha value is -0.820. The van der Waals surface area contributed by atoms with E-state index in [4.69, 9.17) is 4.74 Å². The van der Waals surface area contributed by atoms with Gasteiger partial charge < -0.3 is 9.84 Å². The molecule has 84 valence electrons. The monoisotopic (exact) mass is 348 g/mol. The number of fused-ring (bicyclic) bond motifs is 1. The molecule has 0 amide bonds. The Kier molecular flexibility index (Phi) is 3.34. The lowest BCUT2D eigenvalue weighted by Crippen LogP contribution is -2.02. The van der Waals surface area contributed by atoms with Gasteiger partial charge in [0.25, 0.3) is 0 Å². The number of esters is 1. The first-order chi connectivity index (χ1) is 7.65. The van der Waals surface area contributed by atoms with Gasteiger partial charge in [-0.3, -0.25) is 0 Å². The van der Waals surface area contributed by atoms with Crippen molar-refractivity contribution < 1.29 is 14.6 Å². The number of ether oxygens (including phenoxy) is 1. The number of benzene rings is 1. The van der Waals surface area contributed by atoms with Crippen molar-refractivity contribution in [2.24, 2.45) is 0 Å². The number of thiophene rings is 1. The van der Waals surface area contributed by atoms with Gasteiger partial charge in [-0.05, 0) is 41.6 Å². The maximum Gasteiger partial charge on any atom is 0.352 e. The summed E-state index contributed by atoms with van der Waals surface area (Å²) in [5.41, 5.74) is 0. The molecule has 5 heteroatoms. The summed E-state index contributed by atoms with van der Waals surface area (Å²) in [5, 5.41) is 10.7. The van der Waals surface area contributed by atoms with Gasteiger partial charge in [-0.25, -0.2) is 4.79 Å². The van der Waals surface area contributed by atoms with Crippen LogP contribution in [0.3, 0.4) is 0 Å². The molecule has 2 aromatic rings. The summed E-state index contributed by atoms with van der Waals surface area (Å²) in [7, 11) is 0. The molecule has 2 rings (SSSR count). The number of carbonyl (C=O) groups is 1. The van der Waals surface area contributed by atoms with Crippen molar-refractivity contribution in [3.8, 4) is 5.75 Å². The van der Waals surface area contributed by atoms with Crippen molar-refractivity contribution in [3.63, 3.8) is 0 Å². The van der Waals surface area contributed by atoms with Crippen LogP contribution in [-0.2, 0) is 4.74 Å². The van der Waals surface area contributed by atoms with E-state index in [0.29, 0.717) is 6.61 Å². The predicted octanol–water partition coefficient (Wildman–Crippen LogP) is 3.39. The highest BCUT2D eigenvalue weighted by molar-refractivity contribution is 14.1. The second-order valence-corrected chi connectivity index (χ2v) is 5.33. The van der Waals surface area contributed by atoms with Crippen molar-refractivity contribution in [1.82, 2.24) is 0 Å². The summed E-state index contributed by atoms with van der Waals surface area (Å²) in [4.78, 5) is 11.9. The van der Waals surface area contributed by atoms with E-state index >= 15 is 0 Å². The minimum atomic E-state index is -0.461. The molecule has 0 radical (unpaired) electrons. The average molecular weight is 348 g/mol. The van der Waals surface area contributed by atoms with Gasteiger partial charge in [0.05, 0.1) is 6.61 Å². The molecule has 0 aliphatic carbocycles. The molecule has 0 atom stereocenters. The van der Waals surface area contributed by atoms with E-state index in [1.54, 1.807) is 6.92 Å². The molecule has 1 heterocycles. The van der Waals surface area contributed by atoms with Crippen LogP contribution in [0.2, 0.25) is 0 Å². The fourth-order valence-corrected chi connectivity index (χ4v) is 3.38. The van der Waals surface area contributed by atoms with E-state index in [-0.39, 0.29) is 10.6 Å². The Labute approximate surface area is 110 Å². The molecule has 1 aromatic carbocycles. The van der Waals surface area contributed by atoms with Crippen LogP contribution in [0.1, 0.15) is 16.6 Å². The topological polar surface area (TPSA) is 46.5 Å². The SMILES string of the molecule is CCOC(=O)c1sc2cccc(I)c2c1O. The highest BCUT2D eigenvalue weighted by Crippen LogP contribution is 2.39. The molecule has 1 aromatic heterocycles. The van der Waals surface area contributed by atoms with E-state index < -0.39 is 5.97 Å². The summed E-state index contributed by atoms with van der Waals surface area (Å²) in [5.74, 6) is -0.430.